The highest BCUT2D eigenvalue weighted by atomic mass is 32.1. The number of benzene rings is 1. The SMILES string of the molecule is Cc1nn(C)cc1-c1csc2c(N3CCOCC3C)nc(-c3cccc4[nH]ccc34)nc12. The molecule has 1 saturated heterocycles. The molecule has 5 aromatic rings. The molecule has 0 amide bonds. The lowest BCUT2D eigenvalue weighted by atomic mass is 10.1. The molecular weight excluding hydrogens is 420 g/mol. The van der Waals surface area contributed by atoms with Gasteiger partial charge in [0.2, 0.25) is 0 Å². The monoisotopic (exact) mass is 444 g/mol. The van der Waals surface area contributed by atoms with Crippen molar-refractivity contribution in [2.24, 2.45) is 7.05 Å². The topological polar surface area (TPSA) is 71.9 Å². The van der Waals surface area contributed by atoms with E-state index in [1.54, 1.807) is 11.3 Å². The Bertz CT molecular complexity index is 1450. The van der Waals surface area contributed by atoms with Crippen molar-refractivity contribution in [1.82, 2.24) is 24.7 Å². The van der Waals surface area contributed by atoms with Crippen LogP contribution in [0.15, 0.2) is 42.0 Å². The van der Waals surface area contributed by atoms with E-state index in [0.717, 1.165) is 61.7 Å². The Morgan fingerprint density at radius 1 is 1.16 bits per heavy atom. The highest BCUT2D eigenvalue weighted by Gasteiger charge is 2.26. The highest BCUT2D eigenvalue weighted by molar-refractivity contribution is 7.18. The zero-order chi connectivity index (χ0) is 21.8. The number of ether oxygens (including phenoxy) is 1. The van der Waals surface area contributed by atoms with Crippen molar-refractivity contribution in [3.8, 4) is 22.5 Å². The van der Waals surface area contributed by atoms with Gasteiger partial charge in [-0.25, -0.2) is 9.97 Å². The molecule has 0 bridgehead atoms. The molecule has 7 nitrogen and oxygen atoms in total. The number of hydrogen-bond acceptors (Lipinski definition) is 6. The van der Waals surface area contributed by atoms with Crippen LogP contribution in [0.3, 0.4) is 0 Å². The maximum absolute atomic E-state index is 5.70. The van der Waals surface area contributed by atoms with Gasteiger partial charge in [0.25, 0.3) is 0 Å². The first-order chi connectivity index (χ1) is 15.6. The van der Waals surface area contributed by atoms with Crippen LogP contribution in [0.25, 0.3) is 43.6 Å². The van der Waals surface area contributed by atoms with E-state index in [4.69, 9.17) is 14.7 Å². The number of nitrogens with one attached hydrogen (secondary N) is 1. The van der Waals surface area contributed by atoms with E-state index in [2.05, 4.69) is 57.7 Å². The molecule has 0 spiro atoms. The lowest BCUT2D eigenvalue weighted by molar-refractivity contribution is 0.0987. The van der Waals surface area contributed by atoms with Crippen molar-refractivity contribution in [3.05, 3.63) is 47.7 Å². The number of fused-ring (bicyclic) bond motifs is 2. The van der Waals surface area contributed by atoms with Crippen molar-refractivity contribution in [3.63, 3.8) is 0 Å². The van der Waals surface area contributed by atoms with Gasteiger partial charge in [-0.3, -0.25) is 4.68 Å². The molecule has 6 rings (SSSR count). The molecule has 8 heteroatoms. The highest BCUT2D eigenvalue weighted by Crippen LogP contribution is 2.41. The Morgan fingerprint density at radius 2 is 2.06 bits per heavy atom. The molecule has 1 aromatic carbocycles. The second kappa shape index (κ2) is 7.43. The Hall–Kier alpha value is -3.23. The fourth-order valence-electron chi connectivity index (χ4n) is 4.60. The van der Waals surface area contributed by atoms with Crippen LogP contribution in [0, 0.1) is 6.92 Å². The quantitative estimate of drug-likeness (QED) is 0.434. The van der Waals surface area contributed by atoms with Gasteiger partial charge in [-0.05, 0) is 26.0 Å². The molecule has 1 unspecified atom stereocenters. The van der Waals surface area contributed by atoms with Crippen LogP contribution in [-0.4, -0.2) is 50.5 Å². The molecule has 4 aromatic heterocycles. The molecule has 162 valence electrons. The number of morpholine rings is 1. The number of hydrogen-bond donors (Lipinski definition) is 1. The molecule has 32 heavy (non-hydrogen) atoms. The summed E-state index contributed by atoms with van der Waals surface area (Å²) in [5, 5.41) is 7.88. The van der Waals surface area contributed by atoms with Gasteiger partial charge in [-0.15, -0.1) is 11.3 Å². The summed E-state index contributed by atoms with van der Waals surface area (Å²) in [5.74, 6) is 1.74. The summed E-state index contributed by atoms with van der Waals surface area (Å²) < 4.78 is 8.68. The van der Waals surface area contributed by atoms with Gasteiger partial charge < -0.3 is 14.6 Å². The Kier molecular flexibility index (Phi) is 4.51. The fraction of sp³-hybridized carbons (Fsp3) is 0.292. The first kappa shape index (κ1) is 19.5. The maximum Gasteiger partial charge on any atom is 0.162 e. The lowest BCUT2D eigenvalue weighted by Crippen LogP contribution is -2.44. The average Bonchev–Trinajstić information content (AvgIpc) is 3.51. The predicted molar refractivity (Wildman–Crippen MR) is 129 cm³/mol. The van der Waals surface area contributed by atoms with Crippen LogP contribution >= 0.6 is 11.3 Å². The standard InChI is InChI=1S/C24H24N6OS/c1-14-12-31-10-9-30(14)24-22-21(19(13-32-22)18-11-29(3)28-15(18)2)26-23(27-24)17-5-4-6-20-16(17)7-8-25-20/h4-8,11,13-14,25H,9-10,12H2,1-3H3. The summed E-state index contributed by atoms with van der Waals surface area (Å²) in [6.07, 6.45) is 4.04. The van der Waals surface area contributed by atoms with Crippen LogP contribution in [0.5, 0.6) is 0 Å². The molecule has 1 aliphatic heterocycles. The van der Waals surface area contributed by atoms with E-state index < -0.39 is 0 Å². The summed E-state index contributed by atoms with van der Waals surface area (Å²) in [7, 11) is 1.96. The predicted octanol–water partition coefficient (Wildman–Crippen LogP) is 4.77. The van der Waals surface area contributed by atoms with Gasteiger partial charge >= 0.3 is 0 Å². The number of H-pyrrole nitrogens is 1. The number of aromatic nitrogens is 5. The Labute approximate surface area is 189 Å². The zero-order valence-electron chi connectivity index (χ0n) is 18.3. The molecule has 0 radical (unpaired) electrons. The second-order valence-electron chi connectivity index (χ2n) is 8.36. The number of anilines is 1. The van der Waals surface area contributed by atoms with Gasteiger partial charge in [0.15, 0.2) is 11.6 Å². The van der Waals surface area contributed by atoms with Gasteiger partial charge in [-0.1, -0.05) is 12.1 Å². The molecular formula is C24H24N6OS. The molecule has 0 aliphatic carbocycles. The van der Waals surface area contributed by atoms with Gasteiger partial charge in [0.1, 0.15) is 0 Å². The van der Waals surface area contributed by atoms with E-state index in [-0.39, 0.29) is 6.04 Å². The van der Waals surface area contributed by atoms with Gasteiger partial charge in [0.05, 0.1) is 35.2 Å². The summed E-state index contributed by atoms with van der Waals surface area (Å²) in [5.41, 5.74) is 6.33. The number of aromatic amines is 1. The summed E-state index contributed by atoms with van der Waals surface area (Å²) in [6, 6.07) is 8.58. The zero-order valence-corrected chi connectivity index (χ0v) is 19.1. The molecule has 1 N–H and O–H groups in total. The minimum atomic E-state index is 0.253. The number of thiophene rings is 1. The number of nitrogens with zero attached hydrogens (tertiary/aromatic N) is 5. The third kappa shape index (κ3) is 3.02. The summed E-state index contributed by atoms with van der Waals surface area (Å²) in [4.78, 5) is 15.9. The Balaban J connectivity index is 1.64. The van der Waals surface area contributed by atoms with Crippen LogP contribution in [0.1, 0.15) is 12.6 Å². The second-order valence-corrected chi connectivity index (χ2v) is 9.24. The first-order valence-corrected chi connectivity index (χ1v) is 11.7. The minimum absolute atomic E-state index is 0.253. The fourth-order valence-corrected chi connectivity index (χ4v) is 5.61. The van der Waals surface area contributed by atoms with E-state index in [9.17, 15) is 0 Å². The van der Waals surface area contributed by atoms with Crippen LogP contribution in [0.2, 0.25) is 0 Å². The van der Waals surface area contributed by atoms with E-state index in [0.29, 0.717) is 13.2 Å². The largest absolute Gasteiger partial charge is 0.377 e. The molecule has 5 heterocycles. The van der Waals surface area contributed by atoms with Crippen LogP contribution in [-0.2, 0) is 11.8 Å². The molecule has 1 atom stereocenters. The van der Waals surface area contributed by atoms with Crippen molar-refractivity contribution in [1.29, 1.82) is 0 Å². The van der Waals surface area contributed by atoms with Crippen LogP contribution < -0.4 is 4.90 Å². The minimum Gasteiger partial charge on any atom is -0.377 e. The molecule has 0 saturated carbocycles. The third-order valence-electron chi connectivity index (χ3n) is 6.18. The summed E-state index contributed by atoms with van der Waals surface area (Å²) >= 11 is 1.71. The molecule has 1 fully saturated rings. The van der Waals surface area contributed by atoms with Gasteiger partial charge in [0, 0.05) is 59.0 Å². The normalized spacial score (nSPS) is 17.0. The smallest absolute Gasteiger partial charge is 0.162 e. The summed E-state index contributed by atoms with van der Waals surface area (Å²) in [6.45, 7) is 6.47. The van der Waals surface area contributed by atoms with Crippen molar-refractivity contribution >= 4 is 38.3 Å². The van der Waals surface area contributed by atoms with Gasteiger partial charge in [-0.2, -0.15) is 5.10 Å². The lowest BCUT2D eigenvalue weighted by Gasteiger charge is -2.34. The van der Waals surface area contributed by atoms with Crippen LogP contribution in [0.4, 0.5) is 5.82 Å². The average molecular weight is 445 g/mol. The van der Waals surface area contributed by atoms with E-state index >= 15 is 0 Å². The molecule has 1 aliphatic rings. The van der Waals surface area contributed by atoms with Crippen molar-refractivity contribution in [2.45, 2.75) is 19.9 Å². The number of rotatable bonds is 3. The van der Waals surface area contributed by atoms with Crippen molar-refractivity contribution < 1.29 is 4.74 Å². The first-order valence-electron chi connectivity index (χ1n) is 10.8. The Morgan fingerprint density at radius 3 is 2.88 bits per heavy atom. The third-order valence-corrected chi connectivity index (χ3v) is 7.14. The maximum atomic E-state index is 5.70. The number of aryl methyl sites for hydroxylation is 2. The van der Waals surface area contributed by atoms with E-state index in [1.165, 1.54) is 0 Å². The van der Waals surface area contributed by atoms with Crippen molar-refractivity contribution in [2.75, 3.05) is 24.7 Å². The van der Waals surface area contributed by atoms with E-state index in [1.807, 2.05) is 24.9 Å².